The number of carbonyl (C=O) groups excluding carboxylic acids is 2. The van der Waals surface area contributed by atoms with E-state index in [0.29, 0.717) is 45.2 Å². The van der Waals surface area contributed by atoms with Crippen molar-refractivity contribution >= 4 is 11.9 Å². The molecule has 4 fully saturated rings. The zero-order valence-electron chi connectivity index (χ0n) is 24.4. The molecule has 1 aliphatic heterocycles. The summed E-state index contributed by atoms with van der Waals surface area (Å²) in [5.74, 6) is -2.19. The van der Waals surface area contributed by atoms with E-state index >= 15 is 0 Å². The van der Waals surface area contributed by atoms with E-state index in [2.05, 4.69) is 12.7 Å². The minimum absolute atomic E-state index is 0.0304. The van der Waals surface area contributed by atoms with Crippen LogP contribution >= 0.6 is 0 Å². The van der Waals surface area contributed by atoms with E-state index in [1.165, 1.54) is 0 Å². The molecule has 5 aliphatic rings. The lowest BCUT2D eigenvalue weighted by Crippen LogP contribution is -2.72. The summed E-state index contributed by atoms with van der Waals surface area (Å²) in [4.78, 5) is 26.2. The van der Waals surface area contributed by atoms with Crippen molar-refractivity contribution in [2.45, 2.75) is 88.4 Å². The lowest BCUT2D eigenvalue weighted by molar-refractivity contribution is -0.368. The number of aliphatic hydroxyl groups is 5. The Kier molecular flexibility index (Phi) is 9.90. The van der Waals surface area contributed by atoms with Gasteiger partial charge in [0.25, 0.3) is 0 Å². The van der Waals surface area contributed by atoms with Gasteiger partial charge in [0.1, 0.15) is 6.61 Å². The summed E-state index contributed by atoms with van der Waals surface area (Å²) in [6, 6.07) is 0. The lowest BCUT2D eigenvalue weighted by Gasteiger charge is -2.67. The van der Waals surface area contributed by atoms with Gasteiger partial charge in [-0.2, -0.15) is 0 Å². The number of carboxylic acids is 1. The van der Waals surface area contributed by atoms with Gasteiger partial charge in [0.15, 0.2) is 0 Å². The fourth-order valence-corrected chi connectivity index (χ4v) is 9.42. The number of nitrogens with zero attached hydrogens (tertiary/aromatic N) is 1. The summed E-state index contributed by atoms with van der Waals surface area (Å²) >= 11 is 0. The minimum atomic E-state index is -1.50. The molecule has 0 saturated heterocycles. The van der Waals surface area contributed by atoms with Crippen molar-refractivity contribution in [3.8, 4) is 0 Å². The van der Waals surface area contributed by atoms with Gasteiger partial charge in [0.05, 0.1) is 43.0 Å². The van der Waals surface area contributed by atoms with Crippen molar-refractivity contribution in [2.24, 2.45) is 28.6 Å². The summed E-state index contributed by atoms with van der Waals surface area (Å²) in [6.07, 6.45) is 5.67. The number of carbonyl (C=O) groups is 2. The van der Waals surface area contributed by atoms with Crippen LogP contribution in [0.4, 0.5) is 0 Å². The van der Waals surface area contributed by atoms with E-state index in [-0.39, 0.29) is 62.8 Å². The van der Waals surface area contributed by atoms with Crippen LogP contribution in [-0.2, 0) is 14.3 Å². The molecular weight excluding hydrogens is 532 g/mol. The Morgan fingerprint density at radius 2 is 1.73 bits per heavy atom. The molecule has 11 nitrogen and oxygen atoms in total. The number of quaternary nitrogens is 1. The van der Waals surface area contributed by atoms with Gasteiger partial charge in [-0.15, -0.1) is 0 Å². The summed E-state index contributed by atoms with van der Waals surface area (Å²) in [5.41, 5.74) is 0.193. The molecule has 8 N–H and O–H groups in total. The number of ether oxygens (including phenoxy) is 1. The number of aliphatic hydroxyl groups excluding tert-OH is 3. The molecule has 0 unspecified atom stereocenters. The highest BCUT2D eigenvalue weighted by molar-refractivity contribution is 5.85. The van der Waals surface area contributed by atoms with Gasteiger partial charge in [-0.1, -0.05) is 6.92 Å². The summed E-state index contributed by atoms with van der Waals surface area (Å²) < 4.78 is 5.13. The Balaban J connectivity index is 0.000000301. The maximum Gasteiger partial charge on any atom is 0.331 e. The third kappa shape index (κ3) is 5.47. The molecule has 11 heteroatoms. The highest BCUT2D eigenvalue weighted by atomic mass is 16.5. The normalized spacial score (nSPS) is 41.5. The number of carboxylic acid groups (broad SMARTS) is 1. The second kappa shape index (κ2) is 12.6. The standard InChI is InChI=1S/C23H32O7.C7H18N2O2/c1-20-6-3-16-17(23(20,29)9-5-15(20)13-10-18(25)30-12-13)4-7-21(28)11-14(24)2-8-22(16,21)19(26)27;8-2-1-3-9(4-6-10)5-7-11/h10,14-17,24,28-29H,2-9,11-12H2,1H3,(H,26,27);10-11H,1-8H2/t14-,15+,16-,17+,20+,21-,22+,23-;/m0./s1. The van der Waals surface area contributed by atoms with Crippen LogP contribution in [0.15, 0.2) is 11.6 Å². The molecule has 0 bridgehead atoms. The first-order valence-electron chi connectivity index (χ1n) is 15.4. The first kappa shape index (κ1) is 32.3. The molecule has 0 aromatic heterocycles. The van der Waals surface area contributed by atoms with Crippen LogP contribution in [0.5, 0.6) is 0 Å². The van der Waals surface area contributed by atoms with Crippen molar-refractivity contribution in [3.63, 3.8) is 0 Å². The van der Waals surface area contributed by atoms with Crippen molar-refractivity contribution < 1.29 is 50.7 Å². The molecular formula is C30H50N2O9. The average Bonchev–Trinajstić information content (AvgIpc) is 3.46. The summed E-state index contributed by atoms with van der Waals surface area (Å²) in [7, 11) is 0. The molecule has 8 atom stereocenters. The van der Waals surface area contributed by atoms with Gasteiger partial charge in [-0.3, -0.25) is 4.90 Å². The largest absolute Gasteiger partial charge is 0.549 e. The fraction of sp³-hybridized carbons (Fsp3) is 0.867. The Morgan fingerprint density at radius 3 is 2.32 bits per heavy atom. The van der Waals surface area contributed by atoms with Gasteiger partial charge in [-0.25, -0.2) is 4.79 Å². The van der Waals surface area contributed by atoms with Gasteiger partial charge in [0.2, 0.25) is 0 Å². The molecule has 4 saturated carbocycles. The highest BCUT2D eigenvalue weighted by Crippen LogP contribution is 2.70. The topological polar surface area (TPSA) is 198 Å². The van der Waals surface area contributed by atoms with Crippen molar-refractivity contribution in [2.75, 3.05) is 46.0 Å². The van der Waals surface area contributed by atoms with Crippen LogP contribution in [0, 0.1) is 28.6 Å². The monoisotopic (exact) mass is 582 g/mol. The van der Waals surface area contributed by atoms with Crippen LogP contribution < -0.4 is 10.8 Å². The maximum atomic E-state index is 12.6. The number of rotatable bonds is 9. The second-order valence-corrected chi connectivity index (χ2v) is 13.2. The smallest absolute Gasteiger partial charge is 0.331 e. The van der Waals surface area contributed by atoms with Crippen LogP contribution in [-0.4, -0.2) is 106 Å². The van der Waals surface area contributed by atoms with Crippen LogP contribution in [0.1, 0.15) is 71.1 Å². The third-order valence-corrected chi connectivity index (χ3v) is 11.5. The average molecular weight is 583 g/mol. The summed E-state index contributed by atoms with van der Waals surface area (Å²) in [6.45, 7) is 5.80. The molecule has 0 spiro atoms. The fourth-order valence-electron chi connectivity index (χ4n) is 9.42. The molecule has 0 aromatic rings. The van der Waals surface area contributed by atoms with Crippen LogP contribution in [0.2, 0.25) is 0 Å². The predicted molar refractivity (Wildman–Crippen MR) is 146 cm³/mol. The Hall–Kier alpha value is -1.60. The third-order valence-electron chi connectivity index (χ3n) is 11.5. The minimum Gasteiger partial charge on any atom is -0.549 e. The summed E-state index contributed by atoms with van der Waals surface area (Å²) in [5, 5.41) is 63.5. The van der Waals surface area contributed by atoms with E-state index < -0.39 is 34.1 Å². The zero-order chi connectivity index (χ0) is 30.1. The second-order valence-electron chi connectivity index (χ2n) is 13.2. The van der Waals surface area contributed by atoms with Gasteiger partial charge in [-0.05, 0) is 74.7 Å². The van der Waals surface area contributed by atoms with Gasteiger partial charge in [0, 0.05) is 49.4 Å². The van der Waals surface area contributed by atoms with Crippen molar-refractivity contribution in [1.82, 2.24) is 4.90 Å². The van der Waals surface area contributed by atoms with Crippen LogP contribution in [0.3, 0.4) is 0 Å². The Bertz CT molecular complexity index is 987. The molecule has 4 aliphatic carbocycles. The van der Waals surface area contributed by atoms with Crippen LogP contribution in [0.25, 0.3) is 0 Å². The number of esters is 1. The molecule has 0 amide bonds. The number of hydrogen-bond acceptors (Lipinski definition) is 10. The predicted octanol–water partition coefficient (Wildman–Crippen LogP) is -1.65. The SMILES string of the molecule is C[C@]12CC[C@H]3[C@@H](CC[C@]4(O)C[C@@H](O)CC[C@]34C(=O)[O-])[C@@]1(O)CC[C@@H]2C1=CC(=O)OC1.[NH3+]CCCN(CCO)CCO. The first-order chi connectivity index (χ1) is 19.4. The quantitative estimate of drug-likeness (QED) is 0.171. The van der Waals surface area contributed by atoms with E-state index in [1.807, 2.05) is 4.90 Å². The van der Waals surface area contributed by atoms with Gasteiger partial charge < -0.3 is 45.9 Å². The first-order valence-corrected chi connectivity index (χ1v) is 15.4. The molecule has 0 radical (unpaired) electrons. The van der Waals surface area contributed by atoms with E-state index in [1.54, 1.807) is 6.08 Å². The van der Waals surface area contributed by atoms with E-state index in [9.17, 15) is 30.0 Å². The van der Waals surface area contributed by atoms with Crippen molar-refractivity contribution in [1.29, 1.82) is 0 Å². The molecule has 1 heterocycles. The van der Waals surface area contributed by atoms with Crippen molar-refractivity contribution in [3.05, 3.63) is 11.6 Å². The maximum absolute atomic E-state index is 12.6. The number of aliphatic carboxylic acids is 1. The Morgan fingerprint density at radius 1 is 1.05 bits per heavy atom. The molecule has 41 heavy (non-hydrogen) atoms. The molecule has 0 aromatic carbocycles. The molecule has 5 rings (SSSR count). The van der Waals surface area contributed by atoms with E-state index in [0.717, 1.165) is 31.5 Å². The Labute approximate surface area is 242 Å². The number of hydrogen-bond donors (Lipinski definition) is 6. The van der Waals surface area contributed by atoms with Gasteiger partial charge >= 0.3 is 5.97 Å². The van der Waals surface area contributed by atoms with E-state index in [4.69, 9.17) is 14.9 Å². The number of fused-ring (bicyclic) bond motifs is 5. The highest BCUT2D eigenvalue weighted by Gasteiger charge is 2.71. The number of cyclic esters (lactones) is 1. The lowest BCUT2D eigenvalue weighted by atomic mass is 9.41. The zero-order valence-corrected chi connectivity index (χ0v) is 24.4. The molecule has 234 valence electrons.